The van der Waals surface area contributed by atoms with Crippen molar-refractivity contribution in [3.05, 3.63) is 11.4 Å². The lowest BCUT2D eigenvalue weighted by molar-refractivity contribution is 0.0689. The molecule has 0 bridgehead atoms. The first-order chi connectivity index (χ1) is 8.20. The molecule has 1 aromatic heterocycles. The smallest absolute Gasteiger partial charge is 0.358 e. The SMILES string of the molecule is CCCCCn1nnc(C(=O)O)c1CCCC. The highest BCUT2D eigenvalue weighted by Gasteiger charge is 2.17. The highest BCUT2D eigenvalue weighted by Crippen LogP contribution is 2.11. The molecule has 0 aromatic carbocycles. The van der Waals surface area contributed by atoms with Crippen molar-refractivity contribution in [2.75, 3.05) is 0 Å². The van der Waals surface area contributed by atoms with Gasteiger partial charge < -0.3 is 5.11 Å². The van der Waals surface area contributed by atoms with Crippen molar-refractivity contribution < 1.29 is 9.90 Å². The summed E-state index contributed by atoms with van der Waals surface area (Å²) < 4.78 is 1.76. The van der Waals surface area contributed by atoms with E-state index in [1.54, 1.807) is 4.68 Å². The fourth-order valence-electron chi connectivity index (χ4n) is 1.78. The lowest BCUT2D eigenvalue weighted by Gasteiger charge is -2.05. The minimum Gasteiger partial charge on any atom is -0.476 e. The fraction of sp³-hybridized carbons (Fsp3) is 0.750. The molecule has 5 heteroatoms. The molecule has 5 nitrogen and oxygen atoms in total. The van der Waals surface area contributed by atoms with Gasteiger partial charge in [-0.2, -0.15) is 0 Å². The van der Waals surface area contributed by atoms with Crippen LogP contribution >= 0.6 is 0 Å². The standard InChI is InChI=1S/C12H21N3O2/c1-3-5-7-9-15-10(8-6-4-2)11(12(16)17)13-14-15/h3-9H2,1-2H3,(H,16,17). The molecule has 1 heterocycles. The van der Waals surface area contributed by atoms with E-state index in [0.717, 1.165) is 50.8 Å². The Hall–Kier alpha value is -1.39. The Labute approximate surface area is 102 Å². The lowest BCUT2D eigenvalue weighted by atomic mass is 10.1. The van der Waals surface area contributed by atoms with E-state index in [9.17, 15) is 4.79 Å². The second kappa shape index (κ2) is 7.04. The molecule has 0 aliphatic carbocycles. The van der Waals surface area contributed by atoms with Crippen molar-refractivity contribution in [3.8, 4) is 0 Å². The van der Waals surface area contributed by atoms with Crippen molar-refractivity contribution in [1.29, 1.82) is 0 Å². The Morgan fingerprint density at radius 3 is 2.53 bits per heavy atom. The molecular weight excluding hydrogens is 218 g/mol. The normalized spacial score (nSPS) is 10.7. The summed E-state index contributed by atoms with van der Waals surface area (Å²) in [5, 5.41) is 16.7. The number of carboxylic acids is 1. The van der Waals surface area contributed by atoms with Crippen LogP contribution in [0.1, 0.15) is 62.1 Å². The van der Waals surface area contributed by atoms with Gasteiger partial charge in [0.1, 0.15) is 0 Å². The summed E-state index contributed by atoms with van der Waals surface area (Å²) in [4.78, 5) is 11.0. The summed E-state index contributed by atoms with van der Waals surface area (Å²) in [7, 11) is 0. The Bertz CT molecular complexity index is 361. The number of aromatic carboxylic acids is 1. The molecule has 0 fully saturated rings. The van der Waals surface area contributed by atoms with E-state index in [1.165, 1.54) is 0 Å². The predicted octanol–water partition coefficient (Wildman–Crippen LogP) is 2.51. The van der Waals surface area contributed by atoms with E-state index < -0.39 is 5.97 Å². The largest absolute Gasteiger partial charge is 0.476 e. The second-order valence-corrected chi connectivity index (χ2v) is 4.22. The van der Waals surface area contributed by atoms with Crippen LogP contribution in [0, 0.1) is 0 Å². The van der Waals surface area contributed by atoms with E-state index in [2.05, 4.69) is 24.2 Å². The summed E-state index contributed by atoms with van der Waals surface area (Å²) in [5.74, 6) is -0.974. The minimum atomic E-state index is -0.974. The van der Waals surface area contributed by atoms with Crippen LogP contribution in [0.5, 0.6) is 0 Å². The van der Waals surface area contributed by atoms with Gasteiger partial charge in [0.15, 0.2) is 5.69 Å². The molecule has 0 amide bonds. The second-order valence-electron chi connectivity index (χ2n) is 4.22. The zero-order valence-corrected chi connectivity index (χ0v) is 10.6. The number of aromatic nitrogens is 3. The average molecular weight is 239 g/mol. The first kappa shape index (κ1) is 13.7. The van der Waals surface area contributed by atoms with E-state index >= 15 is 0 Å². The van der Waals surface area contributed by atoms with Crippen molar-refractivity contribution in [2.45, 2.75) is 58.9 Å². The highest BCUT2D eigenvalue weighted by molar-refractivity contribution is 5.86. The third kappa shape index (κ3) is 3.84. The first-order valence-corrected chi connectivity index (χ1v) is 6.36. The average Bonchev–Trinajstić information content (AvgIpc) is 2.70. The number of carboxylic acid groups (broad SMARTS) is 1. The lowest BCUT2D eigenvalue weighted by Crippen LogP contribution is -2.08. The molecule has 0 spiro atoms. The maximum atomic E-state index is 11.0. The number of carbonyl (C=O) groups is 1. The van der Waals surface area contributed by atoms with E-state index in [1.807, 2.05) is 0 Å². The van der Waals surface area contributed by atoms with Crippen molar-refractivity contribution in [3.63, 3.8) is 0 Å². The molecule has 0 saturated carbocycles. The quantitative estimate of drug-likeness (QED) is 0.708. The van der Waals surface area contributed by atoms with Gasteiger partial charge in [0.25, 0.3) is 0 Å². The molecule has 17 heavy (non-hydrogen) atoms. The molecule has 1 N–H and O–H groups in total. The van der Waals surface area contributed by atoms with Gasteiger partial charge in [-0.15, -0.1) is 5.10 Å². The minimum absolute atomic E-state index is 0.120. The van der Waals surface area contributed by atoms with Crippen LogP contribution in [0.2, 0.25) is 0 Å². The summed E-state index contributed by atoms with van der Waals surface area (Å²) >= 11 is 0. The van der Waals surface area contributed by atoms with Crippen LogP contribution < -0.4 is 0 Å². The van der Waals surface area contributed by atoms with Crippen LogP contribution in [-0.4, -0.2) is 26.1 Å². The van der Waals surface area contributed by atoms with E-state index in [4.69, 9.17) is 5.11 Å². The number of unbranched alkanes of at least 4 members (excludes halogenated alkanes) is 3. The number of rotatable bonds is 8. The van der Waals surface area contributed by atoms with Crippen molar-refractivity contribution >= 4 is 5.97 Å². The van der Waals surface area contributed by atoms with Crippen LogP contribution in [0.3, 0.4) is 0 Å². The molecule has 1 aromatic rings. The highest BCUT2D eigenvalue weighted by atomic mass is 16.4. The van der Waals surface area contributed by atoms with Crippen LogP contribution in [0.25, 0.3) is 0 Å². The zero-order valence-electron chi connectivity index (χ0n) is 10.6. The molecular formula is C12H21N3O2. The number of aryl methyl sites for hydroxylation is 1. The molecule has 1 rings (SSSR count). The maximum Gasteiger partial charge on any atom is 0.358 e. The van der Waals surface area contributed by atoms with Gasteiger partial charge in [0.2, 0.25) is 0 Å². The summed E-state index contributed by atoms with van der Waals surface area (Å²) in [6.45, 7) is 5.00. The van der Waals surface area contributed by atoms with E-state index in [-0.39, 0.29) is 5.69 Å². The van der Waals surface area contributed by atoms with Gasteiger partial charge in [-0.1, -0.05) is 38.3 Å². The fourth-order valence-corrected chi connectivity index (χ4v) is 1.78. The van der Waals surface area contributed by atoms with Gasteiger partial charge >= 0.3 is 5.97 Å². The molecule has 0 atom stereocenters. The van der Waals surface area contributed by atoms with Crippen molar-refractivity contribution in [2.24, 2.45) is 0 Å². The number of nitrogens with zero attached hydrogens (tertiary/aromatic N) is 3. The maximum absolute atomic E-state index is 11.0. The first-order valence-electron chi connectivity index (χ1n) is 6.36. The number of hydrogen-bond donors (Lipinski definition) is 1. The summed E-state index contributed by atoms with van der Waals surface area (Å²) in [5.41, 5.74) is 0.894. The molecule has 0 unspecified atom stereocenters. The van der Waals surface area contributed by atoms with Crippen molar-refractivity contribution in [1.82, 2.24) is 15.0 Å². The predicted molar refractivity (Wildman–Crippen MR) is 65.1 cm³/mol. The van der Waals surface area contributed by atoms with E-state index in [0.29, 0.717) is 0 Å². The molecule has 96 valence electrons. The Morgan fingerprint density at radius 2 is 1.94 bits per heavy atom. The molecule has 0 aliphatic rings. The van der Waals surface area contributed by atoms with Crippen LogP contribution in [-0.2, 0) is 13.0 Å². The molecule has 0 aliphatic heterocycles. The Balaban J connectivity index is 2.76. The topological polar surface area (TPSA) is 68.0 Å². The van der Waals surface area contributed by atoms with Crippen LogP contribution in [0.15, 0.2) is 0 Å². The third-order valence-corrected chi connectivity index (χ3v) is 2.78. The Morgan fingerprint density at radius 1 is 1.24 bits per heavy atom. The van der Waals surface area contributed by atoms with Gasteiger partial charge in [0.05, 0.1) is 5.69 Å². The zero-order chi connectivity index (χ0) is 12.7. The third-order valence-electron chi connectivity index (χ3n) is 2.78. The van der Waals surface area contributed by atoms with Gasteiger partial charge in [-0.3, -0.25) is 0 Å². The van der Waals surface area contributed by atoms with Gasteiger partial charge in [-0.25, -0.2) is 9.48 Å². The molecule has 0 radical (unpaired) electrons. The monoisotopic (exact) mass is 239 g/mol. The van der Waals surface area contributed by atoms with Gasteiger partial charge in [0, 0.05) is 6.54 Å². The summed E-state index contributed by atoms with van der Waals surface area (Å²) in [6.07, 6.45) is 6.07. The van der Waals surface area contributed by atoms with Crippen LogP contribution in [0.4, 0.5) is 0 Å². The Kier molecular flexibility index (Phi) is 5.66. The van der Waals surface area contributed by atoms with Gasteiger partial charge in [-0.05, 0) is 19.3 Å². The molecule has 0 saturated heterocycles. The number of hydrogen-bond acceptors (Lipinski definition) is 3. The summed E-state index contributed by atoms with van der Waals surface area (Å²) in [6, 6.07) is 0.